The molecule has 0 atom stereocenters. The van der Waals surface area contributed by atoms with Crippen LogP contribution in [0.4, 0.5) is 13.2 Å². The highest BCUT2D eigenvalue weighted by Crippen LogP contribution is 2.40. The normalized spacial score (nSPS) is 19.6. The highest BCUT2D eigenvalue weighted by Gasteiger charge is 2.36. The predicted octanol–water partition coefficient (Wildman–Crippen LogP) is 4.09. The van der Waals surface area contributed by atoms with Gasteiger partial charge in [-0.3, -0.25) is 0 Å². The highest BCUT2D eigenvalue weighted by molar-refractivity contribution is 6.31. The first-order valence-corrected chi connectivity index (χ1v) is 5.87. The van der Waals surface area contributed by atoms with Crippen LogP contribution in [0.15, 0.2) is 18.2 Å². The summed E-state index contributed by atoms with van der Waals surface area (Å²) >= 11 is 5.68. The number of hydrogen-bond acceptors (Lipinski definition) is 1. The largest absolute Gasteiger partial charge is 0.417 e. The minimum atomic E-state index is -4.41. The van der Waals surface area contributed by atoms with Gasteiger partial charge in [0.2, 0.25) is 0 Å². The van der Waals surface area contributed by atoms with E-state index in [1.165, 1.54) is 12.1 Å². The molecule has 1 aliphatic rings. The predicted molar refractivity (Wildman–Crippen MR) is 60.8 cm³/mol. The smallest absolute Gasteiger partial charge is 0.321 e. The average molecular weight is 264 g/mol. The second kappa shape index (κ2) is 4.18. The summed E-state index contributed by atoms with van der Waals surface area (Å²) in [4.78, 5) is 0. The van der Waals surface area contributed by atoms with Crippen LogP contribution in [-0.4, -0.2) is 0 Å². The molecule has 2 rings (SSSR count). The van der Waals surface area contributed by atoms with Crippen molar-refractivity contribution in [3.05, 3.63) is 34.3 Å². The molecule has 0 heterocycles. The molecule has 0 amide bonds. The first-order valence-electron chi connectivity index (χ1n) is 5.49. The minimum Gasteiger partial charge on any atom is -0.321 e. The van der Waals surface area contributed by atoms with Crippen molar-refractivity contribution in [2.24, 2.45) is 5.73 Å². The van der Waals surface area contributed by atoms with Crippen LogP contribution < -0.4 is 5.73 Å². The third kappa shape index (κ3) is 2.43. The summed E-state index contributed by atoms with van der Waals surface area (Å²) in [7, 11) is 0. The van der Waals surface area contributed by atoms with Crippen LogP contribution in [0.25, 0.3) is 0 Å². The SMILES string of the molecule is NC1(c2ccc(C(F)(F)F)c(Cl)c2)CCCC1. The molecule has 5 heteroatoms. The summed E-state index contributed by atoms with van der Waals surface area (Å²) in [5, 5.41) is -0.272. The van der Waals surface area contributed by atoms with E-state index < -0.39 is 17.3 Å². The maximum absolute atomic E-state index is 12.5. The Morgan fingerprint density at radius 2 is 1.76 bits per heavy atom. The van der Waals surface area contributed by atoms with Gasteiger partial charge in [0.1, 0.15) is 0 Å². The summed E-state index contributed by atoms with van der Waals surface area (Å²) in [6.45, 7) is 0. The third-order valence-corrected chi connectivity index (χ3v) is 3.66. The van der Waals surface area contributed by atoms with Crippen LogP contribution in [0.5, 0.6) is 0 Å². The molecule has 1 fully saturated rings. The lowest BCUT2D eigenvalue weighted by atomic mass is 9.89. The van der Waals surface area contributed by atoms with Crippen LogP contribution in [0.3, 0.4) is 0 Å². The Morgan fingerprint density at radius 1 is 1.18 bits per heavy atom. The van der Waals surface area contributed by atoms with Crippen molar-refractivity contribution in [3.8, 4) is 0 Å². The molecule has 0 aromatic heterocycles. The quantitative estimate of drug-likeness (QED) is 0.811. The van der Waals surface area contributed by atoms with E-state index in [-0.39, 0.29) is 5.02 Å². The first kappa shape index (κ1) is 12.7. The molecule has 0 aliphatic heterocycles. The van der Waals surface area contributed by atoms with Gasteiger partial charge in [0, 0.05) is 5.54 Å². The van der Waals surface area contributed by atoms with E-state index in [9.17, 15) is 13.2 Å². The number of rotatable bonds is 1. The number of alkyl halides is 3. The molecular weight excluding hydrogens is 251 g/mol. The number of halogens is 4. The molecule has 0 unspecified atom stereocenters. The van der Waals surface area contributed by atoms with E-state index in [0.717, 1.165) is 31.7 Å². The minimum absolute atomic E-state index is 0.272. The van der Waals surface area contributed by atoms with Crippen LogP contribution >= 0.6 is 11.6 Å². The number of benzene rings is 1. The molecule has 0 radical (unpaired) electrons. The van der Waals surface area contributed by atoms with Crippen molar-refractivity contribution >= 4 is 11.6 Å². The third-order valence-electron chi connectivity index (χ3n) is 3.35. The van der Waals surface area contributed by atoms with E-state index >= 15 is 0 Å². The first-order chi connectivity index (χ1) is 7.83. The van der Waals surface area contributed by atoms with Gasteiger partial charge in [0.25, 0.3) is 0 Å². The molecule has 0 spiro atoms. The second-order valence-electron chi connectivity index (χ2n) is 4.56. The Morgan fingerprint density at radius 3 is 2.24 bits per heavy atom. The lowest BCUT2D eigenvalue weighted by Crippen LogP contribution is -2.33. The Balaban J connectivity index is 2.37. The Kier molecular flexibility index (Phi) is 3.12. The van der Waals surface area contributed by atoms with Gasteiger partial charge in [-0.2, -0.15) is 13.2 Å². The number of nitrogens with two attached hydrogens (primary N) is 1. The molecule has 1 saturated carbocycles. The van der Waals surface area contributed by atoms with Gasteiger partial charge < -0.3 is 5.73 Å². The molecular formula is C12H13ClF3N. The van der Waals surface area contributed by atoms with E-state index in [1.54, 1.807) is 0 Å². The van der Waals surface area contributed by atoms with Crippen molar-refractivity contribution in [2.45, 2.75) is 37.4 Å². The van der Waals surface area contributed by atoms with Gasteiger partial charge in [0.15, 0.2) is 0 Å². The summed E-state index contributed by atoms with van der Waals surface area (Å²) in [5.41, 5.74) is 5.56. The van der Waals surface area contributed by atoms with Crippen molar-refractivity contribution in [2.75, 3.05) is 0 Å². The maximum Gasteiger partial charge on any atom is 0.417 e. The summed E-state index contributed by atoms with van der Waals surface area (Å²) in [6, 6.07) is 3.82. The molecule has 0 saturated heterocycles. The van der Waals surface area contributed by atoms with Gasteiger partial charge in [-0.15, -0.1) is 0 Å². The van der Waals surface area contributed by atoms with Crippen molar-refractivity contribution < 1.29 is 13.2 Å². The average Bonchev–Trinajstić information content (AvgIpc) is 2.64. The second-order valence-corrected chi connectivity index (χ2v) is 4.96. The summed E-state index contributed by atoms with van der Waals surface area (Å²) in [6.07, 6.45) is -0.791. The maximum atomic E-state index is 12.5. The van der Waals surface area contributed by atoms with Gasteiger partial charge in [-0.05, 0) is 30.5 Å². The van der Waals surface area contributed by atoms with E-state index in [0.29, 0.717) is 5.56 Å². The highest BCUT2D eigenvalue weighted by atomic mass is 35.5. The monoisotopic (exact) mass is 263 g/mol. The van der Waals surface area contributed by atoms with Crippen LogP contribution in [0, 0.1) is 0 Å². The summed E-state index contributed by atoms with van der Waals surface area (Å²) < 4.78 is 37.6. The standard InChI is InChI=1S/C12H13ClF3N/c13-10-7-8(11(17)5-1-2-6-11)3-4-9(10)12(14,15)16/h3-4,7H,1-2,5-6,17H2. The Labute approximate surface area is 103 Å². The lowest BCUT2D eigenvalue weighted by molar-refractivity contribution is -0.137. The lowest BCUT2D eigenvalue weighted by Gasteiger charge is -2.25. The van der Waals surface area contributed by atoms with E-state index in [2.05, 4.69) is 0 Å². The van der Waals surface area contributed by atoms with Crippen LogP contribution in [0.2, 0.25) is 5.02 Å². The van der Waals surface area contributed by atoms with Crippen LogP contribution in [0.1, 0.15) is 36.8 Å². The number of hydrogen-bond donors (Lipinski definition) is 1. The molecule has 94 valence electrons. The van der Waals surface area contributed by atoms with Crippen LogP contribution in [-0.2, 0) is 11.7 Å². The van der Waals surface area contributed by atoms with Crippen molar-refractivity contribution in [3.63, 3.8) is 0 Å². The Hall–Kier alpha value is -0.740. The topological polar surface area (TPSA) is 26.0 Å². The van der Waals surface area contributed by atoms with Gasteiger partial charge in [-0.25, -0.2) is 0 Å². The zero-order chi connectivity index (χ0) is 12.7. The zero-order valence-corrected chi connectivity index (χ0v) is 9.91. The van der Waals surface area contributed by atoms with Gasteiger partial charge in [0.05, 0.1) is 10.6 Å². The fourth-order valence-corrected chi connectivity index (χ4v) is 2.64. The van der Waals surface area contributed by atoms with E-state index in [1.807, 2.05) is 0 Å². The fourth-order valence-electron chi connectivity index (χ4n) is 2.35. The molecule has 2 N–H and O–H groups in total. The fraction of sp³-hybridized carbons (Fsp3) is 0.500. The van der Waals surface area contributed by atoms with Crippen molar-refractivity contribution in [1.82, 2.24) is 0 Å². The van der Waals surface area contributed by atoms with Gasteiger partial charge in [-0.1, -0.05) is 30.5 Å². The van der Waals surface area contributed by atoms with Gasteiger partial charge >= 0.3 is 6.18 Å². The molecule has 1 nitrogen and oxygen atoms in total. The molecule has 1 aromatic rings. The molecule has 17 heavy (non-hydrogen) atoms. The molecule has 0 bridgehead atoms. The molecule has 1 aliphatic carbocycles. The van der Waals surface area contributed by atoms with Crippen molar-refractivity contribution in [1.29, 1.82) is 0 Å². The Bertz CT molecular complexity index is 422. The molecule has 1 aromatic carbocycles. The van der Waals surface area contributed by atoms with E-state index in [4.69, 9.17) is 17.3 Å². The summed E-state index contributed by atoms with van der Waals surface area (Å²) in [5.74, 6) is 0. The zero-order valence-electron chi connectivity index (χ0n) is 9.15.